The Morgan fingerprint density at radius 3 is 2.47 bits per heavy atom. The van der Waals surface area contributed by atoms with Crippen LogP contribution in [0.2, 0.25) is 0 Å². The predicted molar refractivity (Wildman–Crippen MR) is 133 cm³/mol. The number of halogens is 1. The Labute approximate surface area is 199 Å². The van der Waals surface area contributed by atoms with Crippen LogP contribution in [-0.2, 0) is 4.79 Å². The Bertz CT molecular complexity index is 1180. The van der Waals surface area contributed by atoms with Crippen LogP contribution in [0.15, 0.2) is 67.0 Å². The van der Waals surface area contributed by atoms with Crippen LogP contribution >= 0.6 is 0 Å². The van der Waals surface area contributed by atoms with E-state index in [4.69, 9.17) is 0 Å². The van der Waals surface area contributed by atoms with Gasteiger partial charge in [-0.05, 0) is 54.8 Å². The fourth-order valence-electron chi connectivity index (χ4n) is 4.75. The van der Waals surface area contributed by atoms with Crippen LogP contribution in [0.5, 0.6) is 0 Å². The SMILES string of the molecule is Cc1ccccc1N1CCN(C(=O)CN2CC=C(c3cnn(-c4ccc(F)cc4)c3)CC2)CC1. The number of nitrogens with zero attached hydrogens (tertiary/aromatic N) is 5. The molecule has 0 bridgehead atoms. The van der Waals surface area contributed by atoms with E-state index in [1.807, 2.05) is 17.3 Å². The number of rotatable bonds is 5. The van der Waals surface area contributed by atoms with Gasteiger partial charge in [0, 0.05) is 56.7 Å². The Kier molecular flexibility index (Phi) is 6.45. The number of anilines is 1. The van der Waals surface area contributed by atoms with Crippen LogP contribution in [0.4, 0.5) is 10.1 Å². The topological polar surface area (TPSA) is 44.6 Å². The molecule has 0 atom stereocenters. The minimum Gasteiger partial charge on any atom is -0.368 e. The van der Waals surface area contributed by atoms with E-state index in [0.717, 1.165) is 56.9 Å². The maximum Gasteiger partial charge on any atom is 0.236 e. The van der Waals surface area contributed by atoms with E-state index >= 15 is 0 Å². The highest BCUT2D eigenvalue weighted by molar-refractivity contribution is 5.79. The number of hydrogen-bond acceptors (Lipinski definition) is 4. The molecule has 1 aromatic heterocycles. The lowest BCUT2D eigenvalue weighted by Gasteiger charge is -2.38. The summed E-state index contributed by atoms with van der Waals surface area (Å²) < 4.78 is 14.9. The Morgan fingerprint density at radius 1 is 1.00 bits per heavy atom. The van der Waals surface area contributed by atoms with Crippen molar-refractivity contribution in [2.45, 2.75) is 13.3 Å². The molecular weight excluding hydrogens is 429 g/mol. The first-order chi connectivity index (χ1) is 16.6. The number of benzene rings is 2. The molecule has 1 fully saturated rings. The van der Waals surface area contributed by atoms with E-state index in [-0.39, 0.29) is 11.7 Å². The molecule has 0 N–H and O–H groups in total. The van der Waals surface area contributed by atoms with E-state index in [0.29, 0.717) is 6.54 Å². The van der Waals surface area contributed by atoms with E-state index in [2.05, 4.69) is 52.2 Å². The standard InChI is InChI=1S/C27H30FN5O/c1-21-4-2-3-5-26(21)31-14-16-32(17-15-31)27(34)20-30-12-10-22(11-13-30)23-18-29-33(19-23)25-8-6-24(28)7-9-25/h2-10,18-19H,11-17,20H2,1H3. The number of aryl methyl sites for hydroxylation is 1. The molecule has 0 saturated carbocycles. The van der Waals surface area contributed by atoms with Crippen molar-refractivity contribution in [3.8, 4) is 5.69 Å². The van der Waals surface area contributed by atoms with Crippen LogP contribution in [0.1, 0.15) is 17.5 Å². The minimum atomic E-state index is -0.256. The fourth-order valence-corrected chi connectivity index (χ4v) is 4.75. The van der Waals surface area contributed by atoms with Crippen molar-refractivity contribution in [2.24, 2.45) is 0 Å². The Hall–Kier alpha value is -3.45. The van der Waals surface area contributed by atoms with Gasteiger partial charge in [0.2, 0.25) is 5.91 Å². The molecule has 3 heterocycles. The molecule has 0 spiro atoms. The highest BCUT2D eigenvalue weighted by Gasteiger charge is 2.24. The van der Waals surface area contributed by atoms with Gasteiger partial charge in [-0.1, -0.05) is 24.3 Å². The molecule has 0 aliphatic carbocycles. The van der Waals surface area contributed by atoms with Gasteiger partial charge in [-0.15, -0.1) is 0 Å². The van der Waals surface area contributed by atoms with Gasteiger partial charge in [0.15, 0.2) is 0 Å². The van der Waals surface area contributed by atoms with Crippen molar-refractivity contribution in [2.75, 3.05) is 50.7 Å². The number of hydrogen-bond donors (Lipinski definition) is 0. The second-order valence-electron chi connectivity index (χ2n) is 9.02. The van der Waals surface area contributed by atoms with Gasteiger partial charge in [0.25, 0.3) is 0 Å². The quantitative estimate of drug-likeness (QED) is 0.583. The highest BCUT2D eigenvalue weighted by Crippen LogP contribution is 2.24. The molecule has 7 heteroatoms. The molecule has 6 nitrogen and oxygen atoms in total. The third-order valence-electron chi connectivity index (χ3n) is 6.79. The second-order valence-corrected chi connectivity index (χ2v) is 9.02. The van der Waals surface area contributed by atoms with E-state index in [9.17, 15) is 9.18 Å². The molecule has 1 amide bonds. The summed E-state index contributed by atoms with van der Waals surface area (Å²) in [6.45, 7) is 7.49. The molecule has 0 unspecified atom stereocenters. The summed E-state index contributed by atoms with van der Waals surface area (Å²) in [5.41, 5.74) is 5.69. The van der Waals surface area contributed by atoms with Gasteiger partial charge in [-0.2, -0.15) is 5.10 Å². The molecular formula is C27H30FN5O. The lowest BCUT2D eigenvalue weighted by atomic mass is 10.0. The maximum atomic E-state index is 13.2. The van der Waals surface area contributed by atoms with Crippen LogP contribution in [-0.4, -0.2) is 71.3 Å². The van der Waals surface area contributed by atoms with Gasteiger partial charge in [0.1, 0.15) is 5.82 Å². The second kappa shape index (κ2) is 9.81. The number of amides is 1. The third-order valence-corrected chi connectivity index (χ3v) is 6.79. The summed E-state index contributed by atoms with van der Waals surface area (Å²) >= 11 is 0. The number of piperazine rings is 1. The minimum absolute atomic E-state index is 0.213. The molecule has 3 aromatic rings. The molecule has 34 heavy (non-hydrogen) atoms. The third kappa shape index (κ3) is 4.89. The zero-order valence-electron chi connectivity index (χ0n) is 19.5. The van der Waals surface area contributed by atoms with Crippen LogP contribution < -0.4 is 4.90 Å². The van der Waals surface area contributed by atoms with Gasteiger partial charge in [-0.3, -0.25) is 9.69 Å². The molecule has 2 aliphatic rings. The van der Waals surface area contributed by atoms with Gasteiger partial charge < -0.3 is 9.80 Å². The van der Waals surface area contributed by atoms with Crippen molar-refractivity contribution in [1.82, 2.24) is 19.6 Å². The van der Waals surface area contributed by atoms with E-state index in [1.165, 1.54) is 29.0 Å². The number of carbonyl (C=O) groups excluding carboxylic acids is 1. The summed E-state index contributed by atoms with van der Waals surface area (Å²) in [7, 11) is 0. The van der Waals surface area contributed by atoms with E-state index in [1.54, 1.807) is 16.8 Å². The Balaban J connectivity index is 1.13. The summed E-state index contributed by atoms with van der Waals surface area (Å²) in [5.74, 6) is -0.0423. The Morgan fingerprint density at radius 2 is 1.76 bits per heavy atom. The van der Waals surface area contributed by atoms with Gasteiger partial charge >= 0.3 is 0 Å². The summed E-state index contributed by atoms with van der Waals surface area (Å²) in [6, 6.07) is 14.8. The molecule has 2 aliphatic heterocycles. The van der Waals surface area contributed by atoms with Gasteiger partial charge in [0.05, 0.1) is 18.4 Å². The first-order valence-corrected chi connectivity index (χ1v) is 11.9. The van der Waals surface area contributed by atoms with E-state index < -0.39 is 0 Å². The fraction of sp³-hybridized carbons (Fsp3) is 0.333. The predicted octanol–water partition coefficient (Wildman–Crippen LogP) is 3.76. The summed E-state index contributed by atoms with van der Waals surface area (Å²) in [6.07, 6.45) is 6.90. The average Bonchev–Trinajstić information content (AvgIpc) is 3.36. The molecule has 176 valence electrons. The first kappa shape index (κ1) is 22.3. The number of aromatic nitrogens is 2. The van der Waals surface area contributed by atoms with Crippen LogP contribution in [0.3, 0.4) is 0 Å². The molecule has 2 aromatic carbocycles. The monoisotopic (exact) mass is 459 g/mol. The largest absolute Gasteiger partial charge is 0.368 e. The summed E-state index contributed by atoms with van der Waals surface area (Å²) in [4.78, 5) is 19.5. The zero-order valence-corrected chi connectivity index (χ0v) is 19.5. The molecule has 1 saturated heterocycles. The molecule has 5 rings (SSSR count). The van der Waals surface area contributed by atoms with Crippen molar-refractivity contribution >= 4 is 17.2 Å². The lowest BCUT2D eigenvalue weighted by Crippen LogP contribution is -2.51. The highest BCUT2D eigenvalue weighted by atomic mass is 19.1. The van der Waals surface area contributed by atoms with Gasteiger partial charge in [-0.25, -0.2) is 9.07 Å². The van der Waals surface area contributed by atoms with Crippen LogP contribution in [0.25, 0.3) is 11.3 Å². The molecule has 0 radical (unpaired) electrons. The van der Waals surface area contributed by atoms with Crippen LogP contribution in [0, 0.1) is 12.7 Å². The maximum absolute atomic E-state index is 13.2. The lowest BCUT2D eigenvalue weighted by molar-refractivity contribution is -0.132. The smallest absolute Gasteiger partial charge is 0.236 e. The summed E-state index contributed by atoms with van der Waals surface area (Å²) in [5, 5.41) is 4.43. The first-order valence-electron chi connectivity index (χ1n) is 11.9. The van der Waals surface area contributed by atoms with Crippen molar-refractivity contribution in [1.29, 1.82) is 0 Å². The van der Waals surface area contributed by atoms with Crippen molar-refractivity contribution in [3.63, 3.8) is 0 Å². The average molecular weight is 460 g/mol. The van der Waals surface area contributed by atoms with Crippen molar-refractivity contribution in [3.05, 3.63) is 83.9 Å². The number of para-hydroxylation sites is 1. The van der Waals surface area contributed by atoms with Crippen molar-refractivity contribution < 1.29 is 9.18 Å². The normalized spacial score (nSPS) is 17.1. The zero-order chi connectivity index (χ0) is 23.5. The number of carbonyl (C=O) groups is 1.